The van der Waals surface area contributed by atoms with Crippen LogP contribution in [0, 0.1) is 48.2 Å². The van der Waals surface area contributed by atoms with Gasteiger partial charge in [-0.05, 0) is 92.6 Å². The molecule has 1 nitrogen and oxygen atoms in total. The Morgan fingerprint density at radius 3 is 1.81 bits per heavy atom. The predicted molar refractivity (Wildman–Crippen MR) is 133 cm³/mol. The second-order valence-electron chi connectivity index (χ2n) is 12.1. The van der Waals surface area contributed by atoms with Gasteiger partial charge in [-0.3, -0.25) is 0 Å². The molecule has 2 heteroatoms. The van der Waals surface area contributed by atoms with Crippen LogP contribution >= 0.6 is 0 Å². The molecule has 0 amide bonds. The van der Waals surface area contributed by atoms with E-state index in [2.05, 4.69) is 13.8 Å². The van der Waals surface area contributed by atoms with Gasteiger partial charge in [-0.15, -0.1) is 0 Å². The molecule has 4 rings (SSSR count). The normalized spacial score (nSPS) is 33.8. The Kier molecular flexibility index (Phi) is 8.57. The summed E-state index contributed by atoms with van der Waals surface area (Å²) in [6.45, 7) is 7.41. The molecule has 180 valence electrons. The van der Waals surface area contributed by atoms with E-state index in [1.54, 1.807) is 0 Å². The maximum Gasteiger partial charge on any atom is 0.133 e. The minimum absolute atomic E-state index is 0.0155. The molecule has 0 bridgehead atoms. The predicted octanol–water partition coefficient (Wildman–Crippen LogP) is 8.90. The average Bonchev–Trinajstić information content (AvgIpc) is 2.80. The lowest BCUT2D eigenvalue weighted by atomic mass is 9.72. The van der Waals surface area contributed by atoms with Crippen molar-refractivity contribution in [2.75, 3.05) is 6.61 Å². The molecule has 3 fully saturated rings. The molecule has 1 aromatic carbocycles. The van der Waals surface area contributed by atoms with Crippen molar-refractivity contribution in [2.45, 2.75) is 111 Å². The zero-order chi connectivity index (χ0) is 22.5. The van der Waals surface area contributed by atoms with E-state index in [1.807, 2.05) is 19.1 Å². The number of halogens is 1. The summed E-state index contributed by atoms with van der Waals surface area (Å²) in [5, 5.41) is 0. The van der Waals surface area contributed by atoms with Gasteiger partial charge in [-0.2, -0.15) is 0 Å². The highest BCUT2D eigenvalue weighted by Gasteiger charge is 2.27. The molecule has 0 atom stereocenters. The van der Waals surface area contributed by atoms with Crippen molar-refractivity contribution in [1.29, 1.82) is 0 Å². The third-order valence-electron chi connectivity index (χ3n) is 9.30. The van der Waals surface area contributed by atoms with E-state index in [0.29, 0.717) is 17.4 Å². The first kappa shape index (κ1) is 24.1. The Morgan fingerprint density at radius 1 is 0.719 bits per heavy atom. The first-order chi connectivity index (χ1) is 15.5. The van der Waals surface area contributed by atoms with E-state index in [4.69, 9.17) is 4.74 Å². The molecule has 32 heavy (non-hydrogen) atoms. The molecule has 3 aliphatic carbocycles. The van der Waals surface area contributed by atoms with Crippen LogP contribution in [0.3, 0.4) is 0 Å². The quantitative estimate of drug-likeness (QED) is 0.409. The summed E-state index contributed by atoms with van der Waals surface area (Å²) in [6, 6.07) is 4.05. The smallest absolute Gasteiger partial charge is 0.133 e. The van der Waals surface area contributed by atoms with Gasteiger partial charge in [-0.25, -0.2) is 4.39 Å². The molecule has 0 aromatic heterocycles. The maximum absolute atomic E-state index is 15.2. The van der Waals surface area contributed by atoms with Crippen LogP contribution in [0.5, 0.6) is 5.75 Å². The molecular weight excluding hydrogens is 395 g/mol. The van der Waals surface area contributed by atoms with Crippen molar-refractivity contribution in [3.05, 3.63) is 29.1 Å². The van der Waals surface area contributed by atoms with Gasteiger partial charge in [0.25, 0.3) is 0 Å². The number of ether oxygens (including phenoxy) is 1. The van der Waals surface area contributed by atoms with Gasteiger partial charge in [0, 0.05) is 5.56 Å². The fraction of sp³-hybridized carbons (Fsp3) is 0.800. The van der Waals surface area contributed by atoms with Gasteiger partial charge in [0.05, 0.1) is 6.61 Å². The Bertz CT molecular complexity index is 704. The topological polar surface area (TPSA) is 9.23 Å². The van der Waals surface area contributed by atoms with Crippen LogP contribution in [0.4, 0.5) is 4.39 Å². The Hall–Kier alpha value is -1.05. The van der Waals surface area contributed by atoms with Crippen molar-refractivity contribution in [2.24, 2.45) is 35.5 Å². The van der Waals surface area contributed by atoms with E-state index in [1.165, 1.54) is 83.5 Å². The zero-order valence-corrected chi connectivity index (χ0v) is 21.0. The summed E-state index contributed by atoms with van der Waals surface area (Å²) in [7, 11) is 0. The van der Waals surface area contributed by atoms with E-state index < -0.39 is 0 Å². The third kappa shape index (κ3) is 6.51. The number of rotatable bonds is 7. The van der Waals surface area contributed by atoms with Crippen molar-refractivity contribution < 1.29 is 9.13 Å². The fourth-order valence-electron chi connectivity index (χ4n) is 6.76. The van der Waals surface area contributed by atoms with Crippen LogP contribution in [-0.2, 0) is 6.42 Å². The lowest BCUT2D eigenvalue weighted by Gasteiger charge is -2.33. The van der Waals surface area contributed by atoms with Gasteiger partial charge in [0.1, 0.15) is 11.6 Å². The van der Waals surface area contributed by atoms with Crippen molar-refractivity contribution in [3.63, 3.8) is 0 Å². The minimum Gasteiger partial charge on any atom is -0.493 e. The summed E-state index contributed by atoms with van der Waals surface area (Å²) in [6.07, 6.45) is 18.6. The van der Waals surface area contributed by atoms with Crippen LogP contribution in [0.25, 0.3) is 0 Å². The van der Waals surface area contributed by atoms with Crippen molar-refractivity contribution >= 4 is 0 Å². The number of hydrogen-bond acceptors (Lipinski definition) is 1. The van der Waals surface area contributed by atoms with Crippen LogP contribution in [0.2, 0.25) is 0 Å². The molecule has 3 aliphatic rings. The molecule has 0 heterocycles. The third-order valence-corrected chi connectivity index (χ3v) is 9.30. The lowest BCUT2D eigenvalue weighted by molar-refractivity contribution is 0.186. The summed E-state index contributed by atoms with van der Waals surface area (Å²) < 4.78 is 21.3. The van der Waals surface area contributed by atoms with Gasteiger partial charge in [0.15, 0.2) is 0 Å². The molecule has 0 radical (unpaired) electrons. The SMILES string of the molecule is Cc1c(OCC2CCC(C)CC2)ccc(CC2CCC(CC3CCC(C)CC3)CC2)c1F. The Morgan fingerprint density at radius 2 is 1.22 bits per heavy atom. The molecular formula is C30H47FO. The summed E-state index contributed by atoms with van der Waals surface area (Å²) in [5.41, 5.74) is 1.62. The molecule has 0 saturated heterocycles. The molecule has 3 saturated carbocycles. The number of benzene rings is 1. The van der Waals surface area contributed by atoms with Gasteiger partial charge < -0.3 is 4.74 Å². The second kappa shape index (κ2) is 11.4. The Labute approximate surface area is 196 Å². The van der Waals surface area contributed by atoms with Crippen LogP contribution < -0.4 is 4.74 Å². The van der Waals surface area contributed by atoms with Crippen molar-refractivity contribution in [1.82, 2.24) is 0 Å². The van der Waals surface area contributed by atoms with Gasteiger partial charge in [0.2, 0.25) is 0 Å². The number of hydrogen-bond donors (Lipinski definition) is 0. The van der Waals surface area contributed by atoms with Gasteiger partial charge >= 0.3 is 0 Å². The lowest BCUT2D eigenvalue weighted by Crippen LogP contribution is -2.21. The maximum atomic E-state index is 15.2. The van der Waals surface area contributed by atoms with E-state index in [0.717, 1.165) is 48.0 Å². The molecule has 0 N–H and O–H groups in total. The zero-order valence-electron chi connectivity index (χ0n) is 21.0. The summed E-state index contributed by atoms with van der Waals surface area (Å²) in [5.74, 6) is 5.76. The molecule has 1 aromatic rings. The van der Waals surface area contributed by atoms with Crippen LogP contribution in [0.1, 0.15) is 108 Å². The molecule has 0 unspecified atom stereocenters. The molecule has 0 spiro atoms. The van der Waals surface area contributed by atoms with E-state index >= 15 is 4.39 Å². The summed E-state index contributed by atoms with van der Waals surface area (Å²) >= 11 is 0. The first-order valence-electron chi connectivity index (χ1n) is 13.9. The second-order valence-corrected chi connectivity index (χ2v) is 12.1. The van der Waals surface area contributed by atoms with E-state index in [-0.39, 0.29) is 5.82 Å². The summed E-state index contributed by atoms with van der Waals surface area (Å²) in [4.78, 5) is 0. The van der Waals surface area contributed by atoms with Crippen LogP contribution in [-0.4, -0.2) is 6.61 Å². The standard InChI is InChI=1S/C30H47FO/c1-21-4-8-24(9-5-21)18-25-12-14-26(15-13-25)19-28-16-17-29(23(3)30(28)31)32-20-27-10-6-22(2)7-11-27/h16-17,21-22,24-27H,4-15,18-20H2,1-3H3. The van der Waals surface area contributed by atoms with Crippen molar-refractivity contribution in [3.8, 4) is 5.75 Å². The van der Waals surface area contributed by atoms with Gasteiger partial charge in [-0.1, -0.05) is 71.3 Å². The highest BCUT2D eigenvalue weighted by atomic mass is 19.1. The van der Waals surface area contributed by atoms with E-state index in [9.17, 15) is 0 Å². The fourth-order valence-corrected chi connectivity index (χ4v) is 6.76. The first-order valence-corrected chi connectivity index (χ1v) is 13.9. The monoisotopic (exact) mass is 442 g/mol. The highest BCUT2D eigenvalue weighted by molar-refractivity contribution is 5.38. The van der Waals surface area contributed by atoms with Crippen LogP contribution in [0.15, 0.2) is 12.1 Å². The molecule has 0 aliphatic heterocycles. The largest absolute Gasteiger partial charge is 0.493 e. The Balaban J connectivity index is 1.22. The minimum atomic E-state index is -0.0155. The highest BCUT2D eigenvalue weighted by Crippen LogP contribution is 2.39. The average molecular weight is 443 g/mol.